The van der Waals surface area contributed by atoms with E-state index in [1.165, 1.54) is 10.7 Å². The number of fused-ring (bicyclic) bond motifs is 2. The molecule has 0 aromatic carbocycles. The minimum absolute atomic E-state index is 0.106. The van der Waals surface area contributed by atoms with Crippen molar-refractivity contribution in [2.75, 3.05) is 49.5 Å². The fraction of sp³-hybridized carbons (Fsp3) is 0.455. The van der Waals surface area contributed by atoms with Crippen LogP contribution >= 0.6 is 0 Å². The zero-order valence-electron chi connectivity index (χ0n) is 18.6. The molecule has 0 bridgehead atoms. The molecule has 180 valence electrons. The van der Waals surface area contributed by atoms with Crippen LogP contribution < -0.4 is 15.0 Å². The smallest absolute Gasteiger partial charge is 0.261 e. The quantitative estimate of drug-likeness (QED) is 0.574. The van der Waals surface area contributed by atoms with Crippen LogP contribution in [0.25, 0.3) is 5.65 Å². The number of amides is 1. The van der Waals surface area contributed by atoms with Gasteiger partial charge in [0.2, 0.25) is 5.88 Å². The van der Waals surface area contributed by atoms with Crippen molar-refractivity contribution < 1.29 is 23.4 Å². The van der Waals surface area contributed by atoms with Gasteiger partial charge in [-0.1, -0.05) is 0 Å². The Morgan fingerprint density at radius 2 is 2.12 bits per heavy atom. The van der Waals surface area contributed by atoms with Crippen molar-refractivity contribution in [3.8, 4) is 5.88 Å². The van der Waals surface area contributed by atoms with Gasteiger partial charge in [0.1, 0.15) is 17.8 Å². The lowest BCUT2D eigenvalue weighted by atomic mass is 9.95. The van der Waals surface area contributed by atoms with Gasteiger partial charge in [0, 0.05) is 50.6 Å². The molecule has 3 aromatic rings. The first kappa shape index (κ1) is 22.4. The molecule has 1 amide bonds. The van der Waals surface area contributed by atoms with Gasteiger partial charge in [-0.2, -0.15) is 10.1 Å². The molecule has 0 aliphatic carbocycles. The highest BCUT2D eigenvalue weighted by atomic mass is 19.3. The van der Waals surface area contributed by atoms with Crippen LogP contribution in [0.4, 0.5) is 20.3 Å². The Bertz CT molecular complexity index is 1210. The van der Waals surface area contributed by atoms with E-state index in [0.29, 0.717) is 66.8 Å². The number of halogens is 2. The maximum atomic E-state index is 13.2. The van der Waals surface area contributed by atoms with Crippen LogP contribution in [0.15, 0.2) is 30.7 Å². The average Bonchev–Trinajstić information content (AvgIpc) is 3.23. The van der Waals surface area contributed by atoms with Gasteiger partial charge < -0.3 is 20.1 Å². The zero-order chi connectivity index (χ0) is 23.9. The fourth-order valence-electron chi connectivity index (χ4n) is 4.31. The van der Waals surface area contributed by atoms with E-state index in [4.69, 9.17) is 4.74 Å². The van der Waals surface area contributed by atoms with Crippen molar-refractivity contribution >= 4 is 23.1 Å². The Morgan fingerprint density at radius 3 is 2.88 bits per heavy atom. The topological polar surface area (TPSA) is 108 Å². The SMILES string of the molecule is C[C@@]1(O)COc2nc(N3CCN(CC(F)F)CC3)c(NC(=O)c3cnn4cccnc34)cc2C1. The average molecular weight is 473 g/mol. The molecule has 2 N–H and O–H groups in total. The summed E-state index contributed by atoms with van der Waals surface area (Å²) in [5.74, 6) is 0.485. The number of carbonyl (C=O) groups is 1. The van der Waals surface area contributed by atoms with Gasteiger partial charge >= 0.3 is 0 Å². The number of aromatic nitrogens is 4. The number of alkyl halides is 2. The van der Waals surface area contributed by atoms with Gasteiger partial charge in [0.15, 0.2) is 11.5 Å². The number of nitrogens with zero attached hydrogens (tertiary/aromatic N) is 6. The Morgan fingerprint density at radius 1 is 1.32 bits per heavy atom. The normalized spacial score (nSPS) is 20.9. The van der Waals surface area contributed by atoms with E-state index in [1.54, 1.807) is 36.4 Å². The Hall–Kier alpha value is -3.38. The van der Waals surface area contributed by atoms with E-state index >= 15 is 0 Å². The molecule has 0 spiro atoms. The molecule has 1 saturated heterocycles. The monoisotopic (exact) mass is 473 g/mol. The van der Waals surface area contributed by atoms with E-state index in [-0.39, 0.29) is 13.2 Å². The lowest BCUT2D eigenvalue weighted by molar-refractivity contribution is -0.00270. The van der Waals surface area contributed by atoms with Crippen LogP contribution in [0.5, 0.6) is 5.88 Å². The molecular formula is C22H25F2N7O3. The zero-order valence-corrected chi connectivity index (χ0v) is 18.6. The lowest BCUT2D eigenvalue weighted by Gasteiger charge is -2.37. The largest absolute Gasteiger partial charge is 0.474 e. The number of rotatable bonds is 5. The number of hydrogen-bond donors (Lipinski definition) is 2. The van der Waals surface area contributed by atoms with Crippen LogP contribution in [0.1, 0.15) is 22.8 Å². The number of pyridine rings is 1. The molecule has 34 heavy (non-hydrogen) atoms. The Kier molecular flexibility index (Phi) is 5.78. The molecule has 0 unspecified atom stereocenters. The fourth-order valence-corrected chi connectivity index (χ4v) is 4.31. The number of piperazine rings is 1. The number of aliphatic hydroxyl groups is 1. The molecule has 12 heteroatoms. The summed E-state index contributed by atoms with van der Waals surface area (Å²) in [5, 5.41) is 17.5. The third kappa shape index (κ3) is 4.50. The van der Waals surface area contributed by atoms with Crippen molar-refractivity contribution in [2.45, 2.75) is 25.4 Å². The molecule has 2 aliphatic rings. The highest BCUT2D eigenvalue weighted by molar-refractivity contribution is 6.09. The van der Waals surface area contributed by atoms with Crippen molar-refractivity contribution in [3.63, 3.8) is 0 Å². The van der Waals surface area contributed by atoms with Crippen molar-refractivity contribution in [2.24, 2.45) is 0 Å². The maximum absolute atomic E-state index is 13.2. The van der Waals surface area contributed by atoms with Gasteiger partial charge in [0.05, 0.1) is 18.4 Å². The first-order chi connectivity index (χ1) is 16.3. The molecule has 5 heterocycles. The van der Waals surface area contributed by atoms with Gasteiger partial charge in [-0.15, -0.1) is 0 Å². The molecule has 3 aromatic heterocycles. The number of carbonyl (C=O) groups excluding carboxylic acids is 1. The summed E-state index contributed by atoms with van der Waals surface area (Å²) < 4.78 is 32.8. The van der Waals surface area contributed by atoms with Crippen molar-refractivity contribution in [1.82, 2.24) is 24.5 Å². The maximum Gasteiger partial charge on any atom is 0.261 e. The van der Waals surface area contributed by atoms with Crippen LogP contribution in [0.2, 0.25) is 0 Å². The minimum Gasteiger partial charge on any atom is -0.474 e. The Labute approximate surface area is 194 Å². The summed E-state index contributed by atoms with van der Waals surface area (Å²) in [5.41, 5.74) is 0.783. The highest BCUT2D eigenvalue weighted by Crippen LogP contribution is 2.36. The lowest BCUT2D eigenvalue weighted by Crippen LogP contribution is -2.48. The first-order valence-corrected chi connectivity index (χ1v) is 11.0. The van der Waals surface area contributed by atoms with Crippen molar-refractivity contribution in [1.29, 1.82) is 0 Å². The number of hydrogen-bond acceptors (Lipinski definition) is 8. The van der Waals surface area contributed by atoms with Gasteiger partial charge in [-0.25, -0.2) is 18.3 Å². The Balaban J connectivity index is 1.45. The van der Waals surface area contributed by atoms with E-state index < -0.39 is 17.9 Å². The molecule has 1 fully saturated rings. The first-order valence-electron chi connectivity index (χ1n) is 11.0. The molecular weight excluding hydrogens is 448 g/mol. The van der Waals surface area contributed by atoms with E-state index in [9.17, 15) is 18.7 Å². The molecule has 0 saturated carbocycles. The second-order valence-corrected chi connectivity index (χ2v) is 8.87. The highest BCUT2D eigenvalue weighted by Gasteiger charge is 2.32. The molecule has 5 rings (SSSR count). The summed E-state index contributed by atoms with van der Waals surface area (Å²) in [4.78, 5) is 25.7. The third-order valence-corrected chi connectivity index (χ3v) is 5.97. The van der Waals surface area contributed by atoms with Crippen LogP contribution in [0, 0.1) is 0 Å². The van der Waals surface area contributed by atoms with E-state index in [1.807, 2.05) is 4.90 Å². The number of ether oxygens (including phenoxy) is 1. The minimum atomic E-state index is -2.39. The van der Waals surface area contributed by atoms with Crippen LogP contribution in [-0.2, 0) is 6.42 Å². The molecule has 2 aliphatic heterocycles. The van der Waals surface area contributed by atoms with Crippen LogP contribution in [-0.4, -0.2) is 86.9 Å². The van der Waals surface area contributed by atoms with Crippen LogP contribution in [0.3, 0.4) is 0 Å². The second kappa shape index (κ2) is 8.76. The second-order valence-electron chi connectivity index (χ2n) is 8.87. The molecule has 10 nitrogen and oxygen atoms in total. The van der Waals surface area contributed by atoms with Gasteiger partial charge in [0.25, 0.3) is 12.3 Å². The molecule has 1 atom stereocenters. The predicted molar refractivity (Wildman–Crippen MR) is 120 cm³/mol. The van der Waals surface area contributed by atoms with E-state index in [0.717, 1.165) is 0 Å². The standard InChI is InChI=1S/C22H25F2N7O3/c1-22(33)10-14-9-16(27-20(32)15-11-26-31-4-2-3-25-18(15)31)19(28-21(14)34-13-22)30-7-5-29(6-8-30)12-17(23)24/h2-4,9,11,17,33H,5-8,10,12-13H2,1H3,(H,27,32)/t22-/m0/s1. The number of nitrogens with one attached hydrogen (secondary N) is 1. The summed E-state index contributed by atoms with van der Waals surface area (Å²) in [6.45, 7) is 3.35. The van der Waals surface area contributed by atoms with Crippen molar-refractivity contribution in [3.05, 3.63) is 41.9 Å². The van der Waals surface area contributed by atoms with E-state index in [2.05, 4.69) is 20.4 Å². The third-order valence-electron chi connectivity index (χ3n) is 5.97. The summed E-state index contributed by atoms with van der Waals surface area (Å²) >= 11 is 0. The van der Waals surface area contributed by atoms with Gasteiger partial charge in [-0.3, -0.25) is 9.69 Å². The number of anilines is 2. The predicted octanol–water partition coefficient (Wildman–Crippen LogP) is 1.45. The summed E-state index contributed by atoms with van der Waals surface area (Å²) in [6, 6.07) is 3.47. The van der Waals surface area contributed by atoms with Gasteiger partial charge in [-0.05, 0) is 19.1 Å². The summed E-state index contributed by atoms with van der Waals surface area (Å²) in [6.07, 6.45) is 2.66. The molecule has 0 radical (unpaired) electrons. The summed E-state index contributed by atoms with van der Waals surface area (Å²) in [7, 11) is 0.